The highest BCUT2D eigenvalue weighted by atomic mass is 16.5. The first-order valence-corrected chi connectivity index (χ1v) is 5.74. The Balaban J connectivity index is 2.12. The first-order valence-electron chi connectivity index (χ1n) is 5.74. The van der Waals surface area contributed by atoms with Crippen molar-refractivity contribution in [2.75, 3.05) is 7.11 Å². The summed E-state index contributed by atoms with van der Waals surface area (Å²) < 4.78 is 6.47. The summed E-state index contributed by atoms with van der Waals surface area (Å²) in [6.07, 6.45) is 6.74. The van der Waals surface area contributed by atoms with Crippen LogP contribution in [-0.2, 0) is 0 Å². The third-order valence-corrected chi connectivity index (χ3v) is 2.87. The van der Waals surface area contributed by atoms with E-state index < -0.39 is 0 Å². The Labute approximate surface area is 103 Å². The molecular weight excluding hydrogens is 232 g/mol. The van der Waals surface area contributed by atoms with E-state index in [1.807, 2.05) is 0 Å². The van der Waals surface area contributed by atoms with Gasteiger partial charge in [0.25, 0.3) is 5.56 Å². The normalized spacial score (nSPS) is 14.5. The first-order chi connectivity index (χ1) is 8.79. The highest BCUT2D eigenvalue weighted by molar-refractivity contribution is 5.23. The predicted octanol–water partition coefficient (Wildman–Crippen LogP) is 0.908. The zero-order valence-corrected chi connectivity index (χ0v) is 9.91. The molecule has 0 saturated heterocycles. The number of hydrogen-bond acceptors (Lipinski definition) is 5. The molecular formula is C12H12N4O2. The van der Waals surface area contributed by atoms with Gasteiger partial charge in [0.2, 0.25) is 5.95 Å². The number of rotatable bonds is 3. The van der Waals surface area contributed by atoms with Gasteiger partial charge in [0.05, 0.1) is 19.5 Å². The maximum absolute atomic E-state index is 11.9. The van der Waals surface area contributed by atoms with Gasteiger partial charge in [-0.1, -0.05) is 0 Å². The Bertz CT molecular complexity index is 617. The summed E-state index contributed by atoms with van der Waals surface area (Å²) in [4.78, 5) is 24.5. The summed E-state index contributed by atoms with van der Waals surface area (Å²) in [5, 5.41) is 0. The zero-order valence-electron chi connectivity index (χ0n) is 9.91. The molecule has 6 nitrogen and oxygen atoms in total. The molecule has 2 aromatic rings. The molecule has 0 radical (unpaired) electrons. The van der Waals surface area contributed by atoms with Crippen molar-refractivity contribution >= 4 is 0 Å². The summed E-state index contributed by atoms with van der Waals surface area (Å²) in [7, 11) is 1.55. The number of hydrogen-bond donors (Lipinski definition) is 0. The van der Waals surface area contributed by atoms with Crippen LogP contribution in [0.1, 0.15) is 24.6 Å². The average Bonchev–Trinajstić information content (AvgIpc) is 3.23. The molecule has 0 spiro atoms. The van der Waals surface area contributed by atoms with Gasteiger partial charge in [-0.05, 0) is 12.8 Å². The molecule has 0 bridgehead atoms. The first kappa shape index (κ1) is 10.9. The van der Waals surface area contributed by atoms with E-state index in [0.717, 1.165) is 18.7 Å². The molecule has 1 fully saturated rings. The van der Waals surface area contributed by atoms with Crippen molar-refractivity contribution in [2.45, 2.75) is 18.8 Å². The van der Waals surface area contributed by atoms with Gasteiger partial charge in [0, 0.05) is 18.2 Å². The fraction of sp³-hybridized carbons (Fsp3) is 0.333. The lowest BCUT2D eigenvalue weighted by molar-refractivity contribution is 0.410. The average molecular weight is 244 g/mol. The van der Waals surface area contributed by atoms with Crippen LogP contribution in [0.5, 0.6) is 5.75 Å². The van der Waals surface area contributed by atoms with Gasteiger partial charge < -0.3 is 4.74 Å². The largest absolute Gasteiger partial charge is 0.494 e. The second-order valence-electron chi connectivity index (χ2n) is 4.17. The molecule has 2 heterocycles. The van der Waals surface area contributed by atoms with Crippen LogP contribution in [0.2, 0.25) is 0 Å². The van der Waals surface area contributed by atoms with Gasteiger partial charge in [0.1, 0.15) is 5.82 Å². The molecule has 18 heavy (non-hydrogen) atoms. The van der Waals surface area contributed by atoms with E-state index in [9.17, 15) is 4.79 Å². The topological polar surface area (TPSA) is 69.9 Å². The molecule has 6 heteroatoms. The summed E-state index contributed by atoms with van der Waals surface area (Å²) >= 11 is 0. The lowest BCUT2D eigenvalue weighted by Crippen LogP contribution is -2.23. The van der Waals surface area contributed by atoms with E-state index in [2.05, 4.69) is 15.0 Å². The van der Waals surface area contributed by atoms with Crippen LogP contribution in [0.4, 0.5) is 0 Å². The van der Waals surface area contributed by atoms with Crippen LogP contribution in [-0.4, -0.2) is 26.6 Å². The summed E-state index contributed by atoms with van der Waals surface area (Å²) in [5.74, 6) is 2.00. The van der Waals surface area contributed by atoms with Crippen LogP contribution in [0, 0.1) is 0 Å². The van der Waals surface area contributed by atoms with Crippen molar-refractivity contribution in [2.24, 2.45) is 0 Å². The standard InChI is InChI=1S/C12H12N4O2/c1-18-9-6-14-12(15-7-9)16-10(17)4-5-13-11(16)8-2-3-8/h4-8H,2-3H2,1H3. The van der Waals surface area contributed by atoms with Gasteiger partial charge in [-0.3, -0.25) is 4.79 Å². The van der Waals surface area contributed by atoms with E-state index in [-0.39, 0.29) is 5.56 Å². The van der Waals surface area contributed by atoms with Crippen LogP contribution in [0.15, 0.2) is 29.5 Å². The molecule has 0 aromatic carbocycles. The molecule has 2 aromatic heterocycles. The third-order valence-electron chi connectivity index (χ3n) is 2.87. The Hall–Kier alpha value is -2.24. The second-order valence-corrected chi connectivity index (χ2v) is 4.17. The second kappa shape index (κ2) is 4.21. The highest BCUT2D eigenvalue weighted by Crippen LogP contribution is 2.38. The summed E-state index contributed by atoms with van der Waals surface area (Å²) in [6.45, 7) is 0. The van der Waals surface area contributed by atoms with Crippen molar-refractivity contribution in [3.63, 3.8) is 0 Å². The van der Waals surface area contributed by atoms with Gasteiger partial charge in [0.15, 0.2) is 5.75 Å². The fourth-order valence-electron chi connectivity index (χ4n) is 1.78. The molecule has 3 rings (SSSR count). The van der Waals surface area contributed by atoms with Crippen molar-refractivity contribution < 1.29 is 4.74 Å². The Morgan fingerprint density at radius 2 is 2.00 bits per heavy atom. The third kappa shape index (κ3) is 1.85. The smallest absolute Gasteiger partial charge is 0.260 e. The van der Waals surface area contributed by atoms with E-state index >= 15 is 0 Å². The van der Waals surface area contributed by atoms with Gasteiger partial charge in [-0.2, -0.15) is 0 Å². The SMILES string of the molecule is COc1cnc(-n2c(C3CC3)nccc2=O)nc1. The summed E-state index contributed by atoms with van der Waals surface area (Å²) in [6, 6.07) is 1.42. The Kier molecular flexibility index (Phi) is 2.55. The van der Waals surface area contributed by atoms with Crippen molar-refractivity contribution in [3.8, 4) is 11.7 Å². The Morgan fingerprint density at radius 3 is 2.61 bits per heavy atom. The molecule has 1 saturated carbocycles. The highest BCUT2D eigenvalue weighted by Gasteiger charge is 2.29. The van der Waals surface area contributed by atoms with E-state index in [1.54, 1.807) is 19.5 Å². The quantitative estimate of drug-likeness (QED) is 0.802. The molecule has 0 aliphatic heterocycles. The molecule has 1 aliphatic rings. The molecule has 0 unspecified atom stereocenters. The molecule has 1 aliphatic carbocycles. The minimum Gasteiger partial charge on any atom is -0.494 e. The van der Waals surface area contributed by atoms with Crippen LogP contribution in [0.3, 0.4) is 0 Å². The number of ether oxygens (including phenoxy) is 1. The number of methoxy groups -OCH3 is 1. The minimum absolute atomic E-state index is 0.155. The van der Waals surface area contributed by atoms with Crippen LogP contribution in [0.25, 0.3) is 5.95 Å². The van der Waals surface area contributed by atoms with Crippen molar-refractivity contribution in [1.29, 1.82) is 0 Å². The van der Waals surface area contributed by atoms with E-state index in [4.69, 9.17) is 4.74 Å². The molecule has 92 valence electrons. The number of nitrogens with zero attached hydrogens (tertiary/aromatic N) is 4. The fourth-order valence-corrected chi connectivity index (χ4v) is 1.78. The van der Waals surface area contributed by atoms with Gasteiger partial charge >= 0.3 is 0 Å². The van der Waals surface area contributed by atoms with E-state index in [0.29, 0.717) is 17.6 Å². The minimum atomic E-state index is -0.155. The van der Waals surface area contributed by atoms with Crippen molar-refractivity contribution in [1.82, 2.24) is 19.5 Å². The molecule has 0 amide bonds. The summed E-state index contributed by atoms with van der Waals surface area (Å²) in [5.41, 5.74) is -0.155. The van der Waals surface area contributed by atoms with Gasteiger partial charge in [-0.15, -0.1) is 0 Å². The maximum Gasteiger partial charge on any atom is 0.260 e. The Morgan fingerprint density at radius 1 is 1.28 bits per heavy atom. The van der Waals surface area contributed by atoms with Gasteiger partial charge in [-0.25, -0.2) is 19.5 Å². The molecule has 0 atom stereocenters. The lowest BCUT2D eigenvalue weighted by Gasteiger charge is -2.08. The van der Waals surface area contributed by atoms with E-state index in [1.165, 1.54) is 16.8 Å². The number of aromatic nitrogens is 4. The monoisotopic (exact) mass is 244 g/mol. The molecule has 0 N–H and O–H groups in total. The predicted molar refractivity (Wildman–Crippen MR) is 64.0 cm³/mol. The van der Waals surface area contributed by atoms with Crippen LogP contribution < -0.4 is 10.3 Å². The maximum atomic E-state index is 11.9. The van der Waals surface area contributed by atoms with Crippen LogP contribution >= 0.6 is 0 Å². The lowest BCUT2D eigenvalue weighted by atomic mass is 10.3. The van der Waals surface area contributed by atoms with Crippen molar-refractivity contribution in [3.05, 3.63) is 40.8 Å². The zero-order chi connectivity index (χ0) is 12.5.